The van der Waals surface area contributed by atoms with Crippen molar-refractivity contribution in [2.24, 2.45) is 11.8 Å². The van der Waals surface area contributed by atoms with Crippen molar-refractivity contribution in [2.45, 2.75) is 32.8 Å². The Morgan fingerprint density at radius 1 is 1.36 bits per heavy atom. The van der Waals surface area contributed by atoms with Crippen molar-refractivity contribution in [1.82, 2.24) is 0 Å². The van der Waals surface area contributed by atoms with E-state index in [0.717, 1.165) is 0 Å². The van der Waals surface area contributed by atoms with Gasteiger partial charge in [0.2, 0.25) is 0 Å². The Bertz CT molecular complexity index is 718. The van der Waals surface area contributed by atoms with E-state index in [9.17, 15) is 19.0 Å². The van der Waals surface area contributed by atoms with Crippen LogP contribution in [0.25, 0.3) is 0 Å². The maximum atomic E-state index is 14.3. The van der Waals surface area contributed by atoms with Gasteiger partial charge in [0.05, 0.1) is 24.7 Å². The van der Waals surface area contributed by atoms with Crippen LogP contribution in [0.3, 0.4) is 0 Å². The fraction of sp³-hybridized carbons (Fsp3) is 0.444. The molecule has 0 aromatic heterocycles. The SMILES string of the molecule is CCOC(=O)C1CC=CCC1CC(=O)c1cc2c(cc1F)COB2O. The van der Waals surface area contributed by atoms with Gasteiger partial charge in [0, 0.05) is 6.42 Å². The number of carbonyl (C=O) groups is 2. The van der Waals surface area contributed by atoms with Crippen molar-refractivity contribution in [2.75, 3.05) is 6.61 Å². The number of Topliss-reactive ketones (excluding diaryl/α,β-unsaturated/α-hetero) is 1. The zero-order valence-electron chi connectivity index (χ0n) is 14.0. The van der Waals surface area contributed by atoms with Gasteiger partial charge in [-0.05, 0) is 48.8 Å². The first-order chi connectivity index (χ1) is 12.0. The Morgan fingerprint density at radius 2 is 2.12 bits per heavy atom. The molecule has 0 saturated carbocycles. The molecule has 0 radical (unpaired) electrons. The van der Waals surface area contributed by atoms with E-state index in [1.807, 2.05) is 12.2 Å². The minimum absolute atomic E-state index is 0.0560. The largest absolute Gasteiger partial charge is 0.491 e. The summed E-state index contributed by atoms with van der Waals surface area (Å²) in [6.07, 6.45) is 5.00. The smallest absolute Gasteiger partial charge is 0.466 e. The first-order valence-corrected chi connectivity index (χ1v) is 8.48. The highest BCUT2D eigenvalue weighted by Gasteiger charge is 2.34. The number of carbonyl (C=O) groups excluding carboxylic acids is 2. The number of esters is 1. The van der Waals surface area contributed by atoms with Gasteiger partial charge in [0.25, 0.3) is 0 Å². The third kappa shape index (κ3) is 3.67. The Hall–Kier alpha value is -1.99. The van der Waals surface area contributed by atoms with Crippen molar-refractivity contribution < 1.29 is 28.4 Å². The molecule has 0 amide bonds. The molecule has 7 heteroatoms. The number of benzene rings is 1. The highest BCUT2D eigenvalue weighted by Crippen LogP contribution is 2.31. The van der Waals surface area contributed by atoms with Gasteiger partial charge in [-0.1, -0.05) is 12.2 Å². The van der Waals surface area contributed by atoms with Crippen LogP contribution in [0.5, 0.6) is 0 Å². The lowest BCUT2D eigenvalue weighted by atomic mass is 9.76. The van der Waals surface area contributed by atoms with Crippen LogP contribution < -0.4 is 5.46 Å². The monoisotopic (exact) mass is 346 g/mol. The van der Waals surface area contributed by atoms with Crippen molar-refractivity contribution in [3.05, 3.63) is 41.2 Å². The van der Waals surface area contributed by atoms with Crippen LogP contribution in [0, 0.1) is 17.7 Å². The number of rotatable bonds is 5. The highest BCUT2D eigenvalue weighted by atomic mass is 19.1. The van der Waals surface area contributed by atoms with E-state index in [0.29, 0.717) is 23.9 Å². The molecule has 1 aliphatic carbocycles. The van der Waals surface area contributed by atoms with Crippen molar-refractivity contribution in [1.29, 1.82) is 0 Å². The van der Waals surface area contributed by atoms with Gasteiger partial charge in [-0.15, -0.1) is 0 Å². The minimum atomic E-state index is -1.13. The minimum Gasteiger partial charge on any atom is -0.466 e. The second-order valence-corrected chi connectivity index (χ2v) is 6.38. The van der Waals surface area contributed by atoms with E-state index < -0.39 is 12.9 Å². The number of halogens is 1. The zero-order valence-corrected chi connectivity index (χ0v) is 14.0. The lowest BCUT2D eigenvalue weighted by molar-refractivity contribution is -0.150. The fourth-order valence-corrected chi connectivity index (χ4v) is 3.44. The molecular formula is C18H20BFO5. The molecule has 1 aromatic carbocycles. The number of hydrogen-bond donors (Lipinski definition) is 1. The molecule has 1 N–H and O–H groups in total. The quantitative estimate of drug-likeness (QED) is 0.381. The molecule has 0 spiro atoms. The van der Waals surface area contributed by atoms with E-state index in [1.165, 1.54) is 12.1 Å². The summed E-state index contributed by atoms with van der Waals surface area (Å²) in [7, 11) is -1.13. The summed E-state index contributed by atoms with van der Waals surface area (Å²) >= 11 is 0. The molecule has 1 aliphatic heterocycles. The molecule has 2 aliphatic rings. The van der Waals surface area contributed by atoms with E-state index >= 15 is 0 Å². The van der Waals surface area contributed by atoms with Crippen LogP contribution in [0.4, 0.5) is 4.39 Å². The van der Waals surface area contributed by atoms with Crippen molar-refractivity contribution >= 4 is 24.3 Å². The van der Waals surface area contributed by atoms with E-state index in [1.54, 1.807) is 6.92 Å². The number of fused-ring (bicyclic) bond motifs is 1. The van der Waals surface area contributed by atoms with Crippen LogP contribution in [0.1, 0.15) is 42.1 Å². The molecular weight excluding hydrogens is 326 g/mol. The van der Waals surface area contributed by atoms with Gasteiger partial charge in [-0.2, -0.15) is 0 Å². The third-order valence-corrected chi connectivity index (χ3v) is 4.79. The van der Waals surface area contributed by atoms with Crippen LogP contribution in [-0.2, 0) is 20.8 Å². The molecule has 0 fully saturated rings. The van der Waals surface area contributed by atoms with Gasteiger partial charge >= 0.3 is 13.1 Å². The average Bonchev–Trinajstić information content (AvgIpc) is 2.94. The first-order valence-electron chi connectivity index (χ1n) is 8.48. The molecule has 0 saturated heterocycles. The first kappa shape index (κ1) is 17.8. The van der Waals surface area contributed by atoms with Crippen molar-refractivity contribution in [3.8, 4) is 0 Å². The number of ketones is 1. The van der Waals surface area contributed by atoms with E-state index in [4.69, 9.17) is 9.39 Å². The second kappa shape index (κ2) is 7.50. The molecule has 3 rings (SSSR count). The Kier molecular flexibility index (Phi) is 5.34. The lowest BCUT2D eigenvalue weighted by Crippen LogP contribution is -2.31. The molecule has 2 atom stereocenters. The Balaban J connectivity index is 1.78. The van der Waals surface area contributed by atoms with Gasteiger partial charge in [0.1, 0.15) is 5.82 Å². The summed E-state index contributed by atoms with van der Waals surface area (Å²) in [6, 6.07) is 2.60. The van der Waals surface area contributed by atoms with Crippen LogP contribution in [0.15, 0.2) is 24.3 Å². The molecule has 1 heterocycles. The molecule has 132 valence electrons. The Morgan fingerprint density at radius 3 is 2.88 bits per heavy atom. The standard InChI is InChI=1S/C18H20BFO5/c1-2-24-18(22)13-6-4-3-5-11(13)8-17(21)14-9-15-12(7-16(14)20)10-25-19(15)23/h3-4,7,9,11,13,23H,2,5-6,8,10H2,1H3. The highest BCUT2D eigenvalue weighted by molar-refractivity contribution is 6.61. The van der Waals surface area contributed by atoms with Crippen molar-refractivity contribution in [3.63, 3.8) is 0 Å². The maximum absolute atomic E-state index is 14.3. The molecule has 5 nitrogen and oxygen atoms in total. The predicted octanol–water partition coefficient (Wildman–Crippen LogP) is 1.76. The normalized spacial score (nSPS) is 22.0. The summed E-state index contributed by atoms with van der Waals surface area (Å²) in [5.74, 6) is -1.93. The average molecular weight is 346 g/mol. The summed E-state index contributed by atoms with van der Waals surface area (Å²) in [6.45, 7) is 2.15. The molecule has 0 bridgehead atoms. The van der Waals surface area contributed by atoms with E-state index in [2.05, 4.69) is 0 Å². The number of hydrogen-bond acceptors (Lipinski definition) is 5. The van der Waals surface area contributed by atoms with Gasteiger partial charge in [0.15, 0.2) is 5.78 Å². The second-order valence-electron chi connectivity index (χ2n) is 6.38. The zero-order chi connectivity index (χ0) is 18.0. The summed E-state index contributed by atoms with van der Waals surface area (Å²) in [4.78, 5) is 24.7. The van der Waals surface area contributed by atoms with Crippen LogP contribution >= 0.6 is 0 Å². The summed E-state index contributed by atoms with van der Waals surface area (Å²) < 4.78 is 24.4. The fourth-order valence-electron chi connectivity index (χ4n) is 3.44. The van der Waals surface area contributed by atoms with Gasteiger partial charge < -0.3 is 14.4 Å². The number of ether oxygens (including phenoxy) is 1. The molecule has 25 heavy (non-hydrogen) atoms. The van der Waals surface area contributed by atoms with Crippen LogP contribution in [0.2, 0.25) is 0 Å². The molecule has 2 unspecified atom stereocenters. The summed E-state index contributed by atoms with van der Waals surface area (Å²) in [5.41, 5.74) is 0.905. The third-order valence-electron chi connectivity index (χ3n) is 4.79. The topological polar surface area (TPSA) is 72.8 Å². The lowest BCUT2D eigenvalue weighted by Gasteiger charge is -2.26. The van der Waals surface area contributed by atoms with Gasteiger partial charge in [-0.3, -0.25) is 9.59 Å². The Labute approximate surface area is 146 Å². The predicted molar refractivity (Wildman–Crippen MR) is 89.7 cm³/mol. The van der Waals surface area contributed by atoms with E-state index in [-0.39, 0.29) is 48.8 Å². The number of allylic oxidation sites excluding steroid dienone is 2. The summed E-state index contributed by atoms with van der Waals surface area (Å²) in [5, 5.41) is 9.75. The van der Waals surface area contributed by atoms with Gasteiger partial charge in [-0.25, -0.2) is 4.39 Å². The van der Waals surface area contributed by atoms with Crippen LogP contribution in [-0.4, -0.2) is 30.5 Å². The maximum Gasteiger partial charge on any atom is 0.491 e. The molecule has 1 aromatic rings.